The van der Waals surface area contributed by atoms with Crippen LogP contribution in [0.4, 0.5) is 5.69 Å². The van der Waals surface area contributed by atoms with E-state index in [2.05, 4.69) is 17.3 Å². The molecule has 1 heterocycles. The largest absolute Gasteiger partial charge is 0.395 e. The molecule has 0 aromatic carbocycles. The molecule has 1 aliphatic rings. The molecule has 18 heavy (non-hydrogen) atoms. The van der Waals surface area contributed by atoms with Gasteiger partial charge in [0.25, 0.3) is 5.91 Å². The highest BCUT2D eigenvalue weighted by Gasteiger charge is 2.27. The van der Waals surface area contributed by atoms with E-state index in [0.29, 0.717) is 17.3 Å². The summed E-state index contributed by atoms with van der Waals surface area (Å²) in [5.74, 6) is 0.454. The molecule has 1 aromatic rings. The predicted octanol–water partition coefficient (Wildman–Crippen LogP) is 1.48. The lowest BCUT2D eigenvalue weighted by Gasteiger charge is -2.17. The van der Waals surface area contributed by atoms with Gasteiger partial charge in [0.2, 0.25) is 0 Å². The Morgan fingerprint density at radius 1 is 1.56 bits per heavy atom. The zero-order chi connectivity index (χ0) is 13.3. The molecule has 2 rings (SSSR count). The van der Waals surface area contributed by atoms with Gasteiger partial charge in [-0.25, -0.2) is 0 Å². The van der Waals surface area contributed by atoms with Crippen LogP contribution in [0.25, 0.3) is 0 Å². The topological polar surface area (TPSA) is 72.9 Å². The number of rotatable bonds is 3. The second kappa shape index (κ2) is 5.00. The van der Waals surface area contributed by atoms with Gasteiger partial charge in [0.15, 0.2) is 0 Å². The molecule has 2 atom stereocenters. The van der Waals surface area contributed by atoms with Gasteiger partial charge in [0.1, 0.15) is 5.69 Å². The fraction of sp³-hybridized carbons (Fsp3) is 0.692. The molecule has 1 aliphatic carbocycles. The van der Waals surface area contributed by atoms with E-state index < -0.39 is 0 Å². The Morgan fingerprint density at radius 3 is 2.78 bits per heavy atom. The van der Waals surface area contributed by atoms with Crippen LogP contribution in [0.3, 0.4) is 0 Å². The smallest absolute Gasteiger partial charge is 0.271 e. The van der Waals surface area contributed by atoms with Crippen molar-refractivity contribution in [3.05, 3.63) is 11.4 Å². The molecule has 5 nitrogen and oxygen atoms in total. The van der Waals surface area contributed by atoms with Gasteiger partial charge in [-0.3, -0.25) is 9.48 Å². The van der Waals surface area contributed by atoms with Crippen LogP contribution in [0.15, 0.2) is 0 Å². The van der Waals surface area contributed by atoms with Crippen molar-refractivity contribution in [1.82, 2.24) is 15.1 Å². The summed E-state index contributed by atoms with van der Waals surface area (Å²) in [5, 5.41) is 7.36. The Kier molecular flexibility index (Phi) is 3.59. The minimum absolute atomic E-state index is 0.0963. The van der Waals surface area contributed by atoms with Gasteiger partial charge in [-0.05, 0) is 25.2 Å². The fourth-order valence-electron chi connectivity index (χ4n) is 2.72. The van der Waals surface area contributed by atoms with Crippen molar-refractivity contribution < 1.29 is 4.79 Å². The number of anilines is 1. The van der Waals surface area contributed by atoms with Gasteiger partial charge >= 0.3 is 0 Å². The van der Waals surface area contributed by atoms with E-state index in [9.17, 15) is 4.79 Å². The minimum atomic E-state index is -0.0963. The van der Waals surface area contributed by atoms with Crippen LogP contribution >= 0.6 is 0 Å². The van der Waals surface area contributed by atoms with Crippen LogP contribution in [0.1, 0.15) is 49.3 Å². The van der Waals surface area contributed by atoms with E-state index in [-0.39, 0.29) is 11.9 Å². The number of nitrogens with two attached hydrogens (primary N) is 1. The summed E-state index contributed by atoms with van der Waals surface area (Å²) >= 11 is 0. The molecule has 1 aromatic heterocycles. The molecule has 0 radical (unpaired) electrons. The molecule has 1 fully saturated rings. The zero-order valence-electron chi connectivity index (χ0n) is 11.4. The molecule has 3 N–H and O–H groups in total. The zero-order valence-corrected chi connectivity index (χ0v) is 11.4. The van der Waals surface area contributed by atoms with E-state index in [0.717, 1.165) is 18.5 Å². The molecule has 0 spiro atoms. The third-order valence-electron chi connectivity index (χ3n) is 3.89. The molecule has 1 saturated carbocycles. The number of aromatic nitrogens is 2. The number of carbonyl (C=O) groups is 1. The molecular weight excluding hydrogens is 228 g/mol. The number of hydrogen-bond donors (Lipinski definition) is 2. The molecule has 0 saturated heterocycles. The minimum Gasteiger partial charge on any atom is -0.395 e. The highest BCUT2D eigenvalue weighted by molar-refractivity contribution is 5.98. The SMILES string of the molecule is CCc1nn(C)c(C(=O)NC2CCCC2C)c1N. The first-order chi connectivity index (χ1) is 8.54. The Morgan fingerprint density at radius 2 is 2.28 bits per heavy atom. The summed E-state index contributed by atoms with van der Waals surface area (Å²) in [6.45, 7) is 4.17. The first-order valence-electron chi connectivity index (χ1n) is 6.66. The number of carbonyl (C=O) groups excluding carboxylic acids is 1. The van der Waals surface area contributed by atoms with E-state index in [4.69, 9.17) is 5.73 Å². The van der Waals surface area contributed by atoms with Crippen molar-refractivity contribution in [2.24, 2.45) is 13.0 Å². The van der Waals surface area contributed by atoms with Crippen molar-refractivity contribution in [2.45, 2.75) is 45.6 Å². The quantitative estimate of drug-likeness (QED) is 0.853. The van der Waals surface area contributed by atoms with Crippen molar-refractivity contribution in [3.63, 3.8) is 0 Å². The number of amides is 1. The number of hydrogen-bond acceptors (Lipinski definition) is 3. The third kappa shape index (κ3) is 2.21. The van der Waals surface area contributed by atoms with Crippen LogP contribution < -0.4 is 11.1 Å². The summed E-state index contributed by atoms with van der Waals surface area (Å²) in [6.07, 6.45) is 4.18. The lowest BCUT2D eigenvalue weighted by Crippen LogP contribution is -2.37. The van der Waals surface area contributed by atoms with Gasteiger partial charge in [-0.2, -0.15) is 5.10 Å². The van der Waals surface area contributed by atoms with E-state index >= 15 is 0 Å². The summed E-state index contributed by atoms with van der Waals surface area (Å²) in [5.41, 5.74) is 7.78. The Balaban J connectivity index is 2.16. The second-order valence-electron chi connectivity index (χ2n) is 5.17. The molecule has 0 aliphatic heterocycles. The van der Waals surface area contributed by atoms with E-state index in [1.807, 2.05) is 6.92 Å². The molecule has 1 amide bonds. The van der Waals surface area contributed by atoms with Gasteiger partial charge in [-0.1, -0.05) is 20.3 Å². The molecule has 100 valence electrons. The lowest BCUT2D eigenvalue weighted by molar-refractivity contribution is 0.0921. The Labute approximate surface area is 108 Å². The Bertz CT molecular complexity index is 452. The van der Waals surface area contributed by atoms with Crippen molar-refractivity contribution in [2.75, 3.05) is 5.73 Å². The maximum atomic E-state index is 12.3. The van der Waals surface area contributed by atoms with E-state index in [1.165, 1.54) is 12.8 Å². The molecule has 2 unspecified atom stereocenters. The number of nitrogens with zero attached hydrogens (tertiary/aromatic N) is 2. The Hall–Kier alpha value is -1.52. The summed E-state index contributed by atoms with van der Waals surface area (Å²) in [6, 6.07) is 0.275. The van der Waals surface area contributed by atoms with Crippen molar-refractivity contribution >= 4 is 11.6 Å². The average Bonchev–Trinajstić information content (AvgIpc) is 2.83. The molecular formula is C13H22N4O. The second-order valence-corrected chi connectivity index (χ2v) is 5.17. The standard InChI is InChI=1S/C13H22N4O/c1-4-9-11(14)12(17(3)16-9)13(18)15-10-7-5-6-8(10)2/h8,10H,4-7,14H2,1-3H3,(H,15,18). The maximum Gasteiger partial charge on any atom is 0.271 e. The lowest BCUT2D eigenvalue weighted by atomic mass is 10.1. The monoisotopic (exact) mass is 250 g/mol. The predicted molar refractivity (Wildman–Crippen MR) is 71.3 cm³/mol. The molecule has 5 heteroatoms. The fourth-order valence-corrected chi connectivity index (χ4v) is 2.72. The van der Waals surface area contributed by atoms with Crippen LogP contribution in [-0.4, -0.2) is 21.7 Å². The highest BCUT2D eigenvalue weighted by atomic mass is 16.2. The van der Waals surface area contributed by atoms with Crippen molar-refractivity contribution in [1.29, 1.82) is 0 Å². The summed E-state index contributed by atoms with van der Waals surface area (Å²) in [4.78, 5) is 12.3. The van der Waals surface area contributed by atoms with Gasteiger partial charge < -0.3 is 11.1 Å². The summed E-state index contributed by atoms with van der Waals surface area (Å²) < 4.78 is 1.59. The summed E-state index contributed by atoms with van der Waals surface area (Å²) in [7, 11) is 1.77. The van der Waals surface area contributed by atoms with Crippen LogP contribution in [-0.2, 0) is 13.5 Å². The van der Waals surface area contributed by atoms with Gasteiger partial charge in [0, 0.05) is 13.1 Å². The maximum absolute atomic E-state index is 12.3. The average molecular weight is 250 g/mol. The first kappa shape index (κ1) is 12.9. The third-order valence-corrected chi connectivity index (χ3v) is 3.89. The number of aryl methyl sites for hydroxylation is 2. The highest BCUT2D eigenvalue weighted by Crippen LogP contribution is 2.25. The van der Waals surface area contributed by atoms with E-state index in [1.54, 1.807) is 11.7 Å². The number of nitrogens with one attached hydrogen (secondary N) is 1. The van der Waals surface area contributed by atoms with Gasteiger partial charge in [0.05, 0.1) is 11.4 Å². The van der Waals surface area contributed by atoms with Crippen molar-refractivity contribution in [3.8, 4) is 0 Å². The van der Waals surface area contributed by atoms with Crippen LogP contribution in [0.2, 0.25) is 0 Å². The first-order valence-corrected chi connectivity index (χ1v) is 6.66. The van der Waals surface area contributed by atoms with Crippen LogP contribution in [0, 0.1) is 5.92 Å². The van der Waals surface area contributed by atoms with Gasteiger partial charge in [-0.15, -0.1) is 0 Å². The number of nitrogen functional groups attached to an aromatic ring is 1. The normalized spacial score (nSPS) is 23.3. The van der Waals surface area contributed by atoms with Crippen LogP contribution in [0.5, 0.6) is 0 Å². The molecule has 0 bridgehead atoms.